The van der Waals surface area contributed by atoms with Crippen LogP contribution in [0.5, 0.6) is 5.75 Å². The van der Waals surface area contributed by atoms with Crippen molar-refractivity contribution in [1.82, 2.24) is 0 Å². The Balaban J connectivity index is 1.59. The van der Waals surface area contributed by atoms with Crippen LogP contribution in [0, 0.1) is 12.8 Å². The summed E-state index contributed by atoms with van der Waals surface area (Å²) in [5.41, 5.74) is 3.30. The number of anilines is 2. The van der Waals surface area contributed by atoms with Crippen LogP contribution >= 0.6 is 0 Å². The topological polar surface area (TPSA) is 78.4 Å². The molecule has 0 aliphatic carbocycles. The van der Waals surface area contributed by atoms with Crippen molar-refractivity contribution in [3.8, 4) is 5.75 Å². The monoisotopic (exact) mass is 324 g/mol. The van der Waals surface area contributed by atoms with Crippen molar-refractivity contribution in [3.63, 3.8) is 0 Å². The van der Waals surface area contributed by atoms with Gasteiger partial charge >= 0.3 is 0 Å². The van der Waals surface area contributed by atoms with Gasteiger partial charge < -0.3 is 15.7 Å². The third-order valence-electron chi connectivity index (χ3n) is 4.26. The third kappa shape index (κ3) is 3.56. The number of hydrogen-bond donors (Lipinski definition) is 3. The molecule has 0 aromatic heterocycles. The fraction of sp³-hybridized carbons (Fsp3) is 0.263. The molecule has 1 heterocycles. The first-order chi connectivity index (χ1) is 11.5. The second-order valence-corrected chi connectivity index (χ2v) is 6.15. The molecule has 124 valence electrons. The van der Waals surface area contributed by atoms with Crippen LogP contribution in [0.2, 0.25) is 0 Å². The Labute approximate surface area is 140 Å². The Morgan fingerprint density at radius 3 is 2.92 bits per heavy atom. The summed E-state index contributed by atoms with van der Waals surface area (Å²) in [6.45, 7) is 1.89. The van der Waals surface area contributed by atoms with E-state index in [4.69, 9.17) is 0 Å². The Morgan fingerprint density at radius 2 is 2.08 bits per heavy atom. The summed E-state index contributed by atoms with van der Waals surface area (Å²) in [6.07, 6.45) is 1.34. The standard InChI is InChI=1S/C19H20N2O3/c1-12-6-8-17(22)16(10-12)20-18(23)9-7-14-11-13-4-2-3-5-15(13)21-19(14)24/h2-6,8,10,14,22H,7,9,11H2,1H3,(H,20,23)(H,21,24)/t14-/m0/s1. The number of phenolic OH excluding ortho intramolecular Hbond substituents is 1. The summed E-state index contributed by atoms with van der Waals surface area (Å²) in [5, 5.41) is 15.4. The Morgan fingerprint density at radius 1 is 1.29 bits per heavy atom. The van der Waals surface area contributed by atoms with Crippen molar-refractivity contribution in [2.45, 2.75) is 26.2 Å². The van der Waals surface area contributed by atoms with E-state index in [-0.39, 0.29) is 29.9 Å². The molecule has 3 rings (SSSR count). The van der Waals surface area contributed by atoms with Gasteiger partial charge in [0.1, 0.15) is 5.75 Å². The lowest BCUT2D eigenvalue weighted by Gasteiger charge is -2.24. The minimum Gasteiger partial charge on any atom is -0.506 e. The van der Waals surface area contributed by atoms with Gasteiger partial charge in [-0.2, -0.15) is 0 Å². The van der Waals surface area contributed by atoms with Gasteiger partial charge in [0.2, 0.25) is 11.8 Å². The predicted molar refractivity (Wildman–Crippen MR) is 93.0 cm³/mol. The van der Waals surface area contributed by atoms with Crippen LogP contribution < -0.4 is 10.6 Å². The second-order valence-electron chi connectivity index (χ2n) is 6.15. The number of benzene rings is 2. The van der Waals surface area contributed by atoms with Crippen LogP contribution in [0.4, 0.5) is 11.4 Å². The van der Waals surface area contributed by atoms with Crippen LogP contribution in [0.15, 0.2) is 42.5 Å². The third-order valence-corrected chi connectivity index (χ3v) is 4.26. The number of amides is 2. The lowest BCUT2D eigenvalue weighted by molar-refractivity contribution is -0.121. The highest BCUT2D eigenvalue weighted by Crippen LogP contribution is 2.28. The average molecular weight is 324 g/mol. The van der Waals surface area contributed by atoms with Gasteiger partial charge in [-0.3, -0.25) is 9.59 Å². The summed E-state index contributed by atoms with van der Waals surface area (Å²) in [5.74, 6) is -0.419. The van der Waals surface area contributed by atoms with Crippen LogP contribution in [0.3, 0.4) is 0 Å². The maximum atomic E-state index is 12.1. The van der Waals surface area contributed by atoms with E-state index in [1.165, 1.54) is 0 Å². The SMILES string of the molecule is Cc1ccc(O)c(NC(=O)CC[C@H]2Cc3ccccc3NC2=O)c1. The molecule has 0 saturated carbocycles. The highest BCUT2D eigenvalue weighted by molar-refractivity contribution is 5.97. The first-order valence-electron chi connectivity index (χ1n) is 8.01. The zero-order chi connectivity index (χ0) is 17.1. The molecule has 2 aromatic carbocycles. The zero-order valence-electron chi connectivity index (χ0n) is 13.5. The Hall–Kier alpha value is -2.82. The summed E-state index contributed by atoms with van der Waals surface area (Å²) in [6, 6.07) is 12.8. The molecule has 0 unspecified atom stereocenters. The normalized spacial score (nSPS) is 16.2. The van der Waals surface area contributed by atoms with Gasteiger partial charge in [0.15, 0.2) is 0 Å². The molecule has 2 aromatic rings. The van der Waals surface area contributed by atoms with E-state index < -0.39 is 0 Å². The van der Waals surface area contributed by atoms with Gasteiger partial charge in [0.25, 0.3) is 0 Å². The van der Waals surface area contributed by atoms with Crippen molar-refractivity contribution in [2.75, 3.05) is 10.6 Å². The Kier molecular flexibility index (Phi) is 4.51. The molecule has 24 heavy (non-hydrogen) atoms. The zero-order valence-corrected chi connectivity index (χ0v) is 13.5. The number of para-hydroxylation sites is 1. The Bertz CT molecular complexity index is 786. The van der Waals surface area contributed by atoms with Crippen molar-refractivity contribution in [3.05, 3.63) is 53.6 Å². The lowest BCUT2D eigenvalue weighted by atomic mass is 9.89. The van der Waals surface area contributed by atoms with Gasteiger partial charge in [0.05, 0.1) is 5.69 Å². The van der Waals surface area contributed by atoms with Gasteiger partial charge in [-0.1, -0.05) is 24.3 Å². The van der Waals surface area contributed by atoms with Gasteiger partial charge in [0, 0.05) is 18.0 Å². The lowest BCUT2D eigenvalue weighted by Crippen LogP contribution is -2.30. The highest BCUT2D eigenvalue weighted by Gasteiger charge is 2.26. The first kappa shape index (κ1) is 16.1. The average Bonchev–Trinajstić information content (AvgIpc) is 2.56. The van der Waals surface area contributed by atoms with E-state index in [9.17, 15) is 14.7 Å². The van der Waals surface area contributed by atoms with Crippen molar-refractivity contribution >= 4 is 23.2 Å². The summed E-state index contributed by atoms with van der Waals surface area (Å²) < 4.78 is 0. The van der Waals surface area contributed by atoms with Gasteiger partial charge in [-0.05, 0) is 49.1 Å². The largest absolute Gasteiger partial charge is 0.506 e. The number of hydrogen-bond acceptors (Lipinski definition) is 3. The number of phenols is 1. The summed E-state index contributed by atoms with van der Waals surface area (Å²) >= 11 is 0. The summed E-state index contributed by atoms with van der Waals surface area (Å²) in [7, 11) is 0. The molecule has 0 radical (unpaired) electrons. The van der Waals surface area contributed by atoms with E-state index in [0.717, 1.165) is 16.8 Å². The quantitative estimate of drug-likeness (QED) is 0.756. The fourth-order valence-electron chi connectivity index (χ4n) is 2.91. The minimum absolute atomic E-state index is 0.0401. The van der Waals surface area contributed by atoms with Crippen LogP contribution in [-0.2, 0) is 16.0 Å². The molecule has 0 spiro atoms. The van der Waals surface area contributed by atoms with E-state index >= 15 is 0 Å². The molecule has 2 amide bonds. The van der Waals surface area contributed by atoms with Gasteiger partial charge in [-0.25, -0.2) is 0 Å². The first-order valence-corrected chi connectivity index (χ1v) is 8.01. The second kappa shape index (κ2) is 6.74. The molecular weight excluding hydrogens is 304 g/mol. The van der Waals surface area contributed by atoms with Crippen LogP contribution in [0.1, 0.15) is 24.0 Å². The number of aromatic hydroxyl groups is 1. The molecule has 5 heteroatoms. The number of nitrogens with one attached hydrogen (secondary N) is 2. The molecule has 1 atom stereocenters. The molecular formula is C19H20N2O3. The van der Waals surface area contributed by atoms with Gasteiger partial charge in [-0.15, -0.1) is 0 Å². The molecule has 0 bridgehead atoms. The fourth-order valence-corrected chi connectivity index (χ4v) is 2.91. The van der Waals surface area contributed by atoms with E-state index in [1.54, 1.807) is 18.2 Å². The van der Waals surface area contributed by atoms with Crippen LogP contribution in [0.25, 0.3) is 0 Å². The number of rotatable bonds is 4. The van der Waals surface area contributed by atoms with Crippen LogP contribution in [-0.4, -0.2) is 16.9 Å². The minimum atomic E-state index is -0.211. The maximum Gasteiger partial charge on any atom is 0.227 e. The number of fused-ring (bicyclic) bond motifs is 1. The molecule has 3 N–H and O–H groups in total. The number of aryl methyl sites for hydroxylation is 1. The highest BCUT2D eigenvalue weighted by atomic mass is 16.3. The molecule has 1 aliphatic heterocycles. The van der Waals surface area contributed by atoms with E-state index in [1.807, 2.05) is 31.2 Å². The van der Waals surface area contributed by atoms with E-state index in [2.05, 4.69) is 10.6 Å². The molecule has 0 fully saturated rings. The molecule has 1 aliphatic rings. The number of carbonyl (C=O) groups excluding carboxylic acids is 2. The van der Waals surface area contributed by atoms with Crippen molar-refractivity contribution < 1.29 is 14.7 Å². The van der Waals surface area contributed by atoms with Crippen molar-refractivity contribution in [1.29, 1.82) is 0 Å². The van der Waals surface area contributed by atoms with Crippen molar-refractivity contribution in [2.24, 2.45) is 5.92 Å². The maximum absolute atomic E-state index is 12.1. The number of carbonyl (C=O) groups is 2. The molecule has 5 nitrogen and oxygen atoms in total. The summed E-state index contributed by atoms with van der Waals surface area (Å²) in [4.78, 5) is 24.3. The predicted octanol–water partition coefficient (Wildman–Crippen LogP) is 3.23. The molecule has 0 saturated heterocycles. The smallest absolute Gasteiger partial charge is 0.227 e. The van der Waals surface area contributed by atoms with E-state index in [0.29, 0.717) is 18.5 Å².